The third-order valence-corrected chi connectivity index (χ3v) is 2.29. The topological polar surface area (TPSA) is 6.48 Å². The number of rotatable bonds is 6. The van der Waals surface area contributed by atoms with Gasteiger partial charge in [-0.3, -0.25) is 4.90 Å². The van der Waals surface area contributed by atoms with E-state index in [2.05, 4.69) is 53.7 Å². The Labute approximate surface area is 85.0 Å². The Kier molecular flexibility index (Phi) is 7.10. The van der Waals surface area contributed by atoms with E-state index in [-0.39, 0.29) is 0 Å². The second kappa shape index (κ2) is 6.87. The average Bonchev–Trinajstić information content (AvgIpc) is 1.96. The van der Waals surface area contributed by atoms with Crippen molar-refractivity contribution in [2.45, 2.75) is 19.9 Å². The predicted molar refractivity (Wildman–Crippen MR) is 59.1 cm³/mol. The van der Waals surface area contributed by atoms with Gasteiger partial charge in [-0.05, 0) is 27.9 Å². The van der Waals surface area contributed by atoms with Gasteiger partial charge in [0.05, 0.1) is 0 Å². The molecular formula is C9H21BrN2. The summed E-state index contributed by atoms with van der Waals surface area (Å²) >= 11 is 3.47. The Morgan fingerprint density at radius 1 is 1.08 bits per heavy atom. The van der Waals surface area contributed by atoms with Crippen LogP contribution >= 0.6 is 15.9 Å². The highest BCUT2D eigenvalue weighted by Crippen LogP contribution is 1.98. The second-order valence-electron chi connectivity index (χ2n) is 3.62. The van der Waals surface area contributed by atoms with Crippen LogP contribution in [-0.4, -0.2) is 54.9 Å². The average molecular weight is 237 g/mol. The fourth-order valence-electron chi connectivity index (χ4n) is 1.07. The van der Waals surface area contributed by atoms with Gasteiger partial charge in [0, 0.05) is 31.0 Å². The van der Waals surface area contributed by atoms with Gasteiger partial charge in [0.15, 0.2) is 0 Å². The maximum atomic E-state index is 3.47. The maximum absolute atomic E-state index is 3.47. The molecule has 0 aromatic rings. The van der Waals surface area contributed by atoms with Crippen LogP contribution in [0.3, 0.4) is 0 Å². The second-order valence-corrected chi connectivity index (χ2v) is 4.41. The van der Waals surface area contributed by atoms with Gasteiger partial charge in [0.25, 0.3) is 0 Å². The summed E-state index contributed by atoms with van der Waals surface area (Å²) in [6.45, 7) is 7.95. The fourth-order valence-corrected chi connectivity index (χ4v) is 1.52. The Morgan fingerprint density at radius 2 is 1.67 bits per heavy atom. The van der Waals surface area contributed by atoms with Crippen LogP contribution in [0.5, 0.6) is 0 Å². The minimum absolute atomic E-state index is 0.655. The largest absolute Gasteiger partial charge is 0.308 e. The molecule has 0 atom stereocenters. The van der Waals surface area contributed by atoms with E-state index >= 15 is 0 Å². The first kappa shape index (κ1) is 12.4. The number of likely N-dealkylation sites (N-methyl/N-ethyl adjacent to an activating group) is 1. The van der Waals surface area contributed by atoms with Crippen molar-refractivity contribution >= 4 is 15.9 Å². The summed E-state index contributed by atoms with van der Waals surface area (Å²) in [6, 6.07) is 0.655. The summed E-state index contributed by atoms with van der Waals surface area (Å²) < 4.78 is 0. The molecule has 0 bridgehead atoms. The van der Waals surface area contributed by atoms with Crippen molar-refractivity contribution in [3.63, 3.8) is 0 Å². The first-order valence-corrected chi connectivity index (χ1v) is 5.64. The highest BCUT2D eigenvalue weighted by molar-refractivity contribution is 9.09. The molecule has 12 heavy (non-hydrogen) atoms. The molecule has 0 aliphatic carbocycles. The van der Waals surface area contributed by atoms with E-state index in [9.17, 15) is 0 Å². The third-order valence-electron chi connectivity index (χ3n) is 1.94. The lowest BCUT2D eigenvalue weighted by molar-refractivity contribution is 0.211. The van der Waals surface area contributed by atoms with Crippen molar-refractivity contribution in [3.05, 3.63) is 0 Å². The number of hydrogen-bond donors (Lipinski definition) is 0. The summed E-state index contributed by atoms with van der Waals surface area (Å²) in [4.78, 5) is 4.71. The van der Waals surface area contributed by atoms with Crippen molar-refractivity contribution in [3.8, 4) is 0 Å². The molecule has 0 aromatic heterocycles. The van der Waals surface area contributed by atoms with E-state index in [1.165, 1.54) is 0 Å². The summed E-state index contributed by atoms with van der Waals surface area (Å²) in [5, 5.41) is 1.07. The Hall–Kier alpha value is 0.400. The molecule has 0 aliphatic rings. The van der Waals surface area contributed by atoms with E-state index in [1.807, 2.05) is 0 Å². The number of hydrogen-bond acceptors (Lipinski definition) is 2. The Balaban J connectivity index is 3.63. The molecule has 0 amide bonds. The van der Waals surface area contributed by atoms with Gasteiger partial charge in [0.1, 0.15) is 0 Å². The van der Waals surface area contributed by atoms with Crippen LogP contribution in [0.15, 0.2) is 0 Å². The lowest BCUT2D eigenvalue weighted by atomic mass is 10.3. The van der Waals surface area contributed by atoms with Crippen LogP contribution in [0, 0.1) is 0 Å². The van der Waals surface area contributed by atoms with Gasteiger partial charge >= 0.3 is 0 Å². The van der Waals surface area contributed by atoms with Gasteiger partial charge < -0.3 is 4.90 Å². The minimum atomic E-state index is 0.655. The van der Waals surface area contributed by atoms with Crippen LogP contribution in [0.4, 0.5) is 0 Å². The van der Waals surface area contributed by atoms with Gasteiger partial charge in [-0.25, -0.2) is 0 Å². The van der Waals surface area contributed by atoms with Crippen molar-refractivity contribution in [1.82, 2.24) is 9.80 Å². The zero-order valence-electron chi connectivity index (χ0n) is 8.68. The van der Waals surface area contributed by atoms with Crippen LogP contribution in [0.1, 0.15) is 13.8 Å². The lowest BCUT2D eigenvalue weighted by Gasteiger charge is -2.26. The first-order chi connectivity index (χ1) is 5.57. The standard InChI is InChI=1S/C9H21BrN2/c1-9(2)12(6-5-10)8-7-11(3)4/h9H,5-8H2,1-4H3. The third kappa shape index (κ3) is 5.98. The molecular weight excluding hydrogens is 216 g/mol. The number of nitrogens with zero attached hydrogens (tertiary/aromatic N) is 2. The lowest BCUT2D eigenvalue weighted by Crippen LogP contribution is -2.37. The van der Waals surface area contributed by atoms with Crippen molar-refractivity contribution in [2.75, 3.05) is 39.1 Å². The molecule has 74 valence electrons. The highest BCUT2D eigenvalue weighted by atomic mass is 79.9. The Morgan fingerprint density at radius 3 is 2.00 bits per heavy atom. The zero-order valence-corrected chi connectivity index (χ0v) is 10.3. The molecule has 0 saturated carbocycles. The molecule has 2 nitrogen and oxygen atoms in total. The van der Waals surface area contributed by atoms with Gasteiger partial charge in [-0.15, -0.1) is 0 Å². The zero-order chi connectivity index (χ0) is 9.56. The van der Waals surface area contributed by atoms with Gasteiger partial charge in [-0.2, -0.15) is 0 Å². The summed E-state index contributed by atoms with van der Waals surface area (Å²) in [7, 11) is 4.24. The molecule has 0 unspecified atom stereocenters. The molecule has 0 saturated heterocycles. The van der Waals surface area contributed by atoms with Crippen LogP contribution in [-0.2, 0) is 0 Å². The monoisotopic (exact) mass is 236 g/mol. The SMILES string of the molecule is CC(C)N(CCBr)CCN(C)C. The molecule has 0 aliphatic heterocycles. The first-order valence-electron chi connectivity index (χ1n) is 4.52. The molecule has 0 heterocycles. The molecule has 0 N–H and O–H groups in total. The number of alkyl halides is 1. The fraction of sp³-hybridized carbons (Fsp3) is 1.00. The van der Waals surface area contributed by atoms with E-state index in [1.54, 1.807) is 0 Å². The van der Waals surface area contributed by atoms with Gasteiger partial charge in [-0.1, -0.05) is 15.9 Å². The van der Waals surface area contributed by atoms with E-state index in [0.29, 0.717) is 6.04 Å². The maximum Gasteiger partial charge on any atom is 0.0159 e. The molecule has 0 radical (unpaired) electrons. The summed E-state index contributed by atoms with van der Waals surface area (Å²) in [6.07, 6.45) is 0. The quantitative estimate of drug-likeness (QED) is 0.648. The van der Waals surface area contributed by atoms with E-state index in [4.69, 9.17) is 0 Å². The predicted octanol–water partition coefficient (Wildman–Crippen LogP) is 1.65. The molecule has 3 heteroatoms. The van der Waals surface area contributed by atoms with Crippen LogP contribution < -0.4 is 0 Å². The summed E-state index contributed by atoms with van der Waals surface area (Å²) in [5.41, 5.74) is 0. The van der Waals surface area contributed by atoms with Gasteiger partial charge in [0.2, 0.25) is 0 Å². The number of halogens is 1. The van der Waals surface area contributed by atoms with E-state index < -0.39 is 0 Å². The van der Waals surface area contributed by atoms with Crippen LogP contribution in [0.25, 0.3) is 0 Å². The molecule has 0 rings (SSSR count). The Bertz CT molecular complexity index is 105. The summed E-state index contributed by atoms with van der Waals surface area (Å²) in [5.74, 6) is 0. The van der Waals surface area contributed by atoms with Crippen molar-refractivity contribution in [2.24, 2.45) is 0 Å². The van der Waals surface area contributed by atoms with Crippen molar-refractivity contribution < 1.29 is 0 Å². The van der Waals surface area contributed by atoms with Crippen LogP contribution in [0.2, 0.25) is 0 Å². The molecule has 0 spiro atoms. The highest BCUT2D eigenvalue weighted by Gasteiger charge is 2.07. The molecule has 0 fully saturated rings. The van der Waals surface area contributed by atoms with Crippen molar-refractivity contribution in [1.29, 1.82) is 0 Å². The van der Waals surface area contributed by atoms with E-state index in [0.717, 1.165) is 25.0 Å². The smallest absolute Gasteiger partial charge is 0.0159 e. The normalized spacial score (nSPS) is 12.0. The molecule has 0 aromatic carbocycles. The minimum Gasteiger partial charge on any atom is -0.308 e.